The van der Waals surface area contributed by atoms with Gasteiger partial charge in [-0.15, -0.1) is 0 Å². The van der Waals surface area contributed by atoms with Crippen molar-refractivity contribution < 1.29 is 14.3 Å². The van der Waals surface area contributed by atoms with Gasteiger partial charge in [0.1, 0.15) is 12.1 Å². The second kappa shape index (κ2) is 6.11. The average molecular weight is 366 g/mol. The van der Waals surface area contributed by atoms with Crippen LogP contribution in [0.4, 0.5) is 4.79 Å². The molecule has 5 rings (SSSR count). The summed E-state index contributed by atoms with van der Waals surface area (Å²) in [4.78, 5) is 29.1. The van der Waals surface area contributed by atoms with Gasteiger partial charge in [0, 0.05) is 37.3 Å². The van der Waals surface area contributed by atoms with Crippen LogP contribution < -0.4 is 0 Å². The van der Waals surface area contributed by atoms with Crippen LogP contribution in [0.3, 0.4) is 0 Å². The molecule has 140 valence electrons. The van der Waals surface area contributed by atoms with Gasteiger partial charge in [0.25, 0.3) is 5.91 Å². The highest BCUT2D eigenvalue weighted by atomic mass is 16.6. The third-order valence-electron chi connectivity index (χ3n) is 6.01. The number of hydrogen-bond donors (Lipinski definition) is 1. The second-order valence-corrected chi connectivity index (χ2v) is 7.70. The fourth-order valence-corrected chi connectivity index (χ4v) is 4.66. The number of piperazine rings is 1. The van der Waals surface area contributed by atoms with Crippen molar-refractivity contribution in [3.05, 3.63) is 52.8 Å². The van der Waals surface area contributed by atoms with Crippen LogP contribution in [-0.2, 0) is 24.0 Å². The van der Waals surface area contributed by atoms with E-state index in [1.165, 1.54) is 0 Å². The molecule has 3 aliphatic rings. The van der Waals surface area contributed by atoms with E-state index in [2.05, 4.69) is 22.3 Å². The monoisotopic (exact) mass is 366 g/mol. The Hall–Kier alpha value is -2.83. The molecule has 1 N–H and O–H groups in total. The SMILES string of the molecule is O=C(c1n[nH]c2c1CCC2)N1CCN2C(=O)OCC2(Cc2ccccc2)C1. The van der Waals surface area contributed by atoms with Gasteiger partial charge in [0.15, 0.2) is 5.69 Å². The molecule has 7 heteroatoms. The molecule has 1 aliphatic carbocycles. The van der Waals surface area contributed by atoms with Crippen LogP contribution in [0.25, 0.3) is 0 Å². The number of fused-ring (bicyclic) bond motifs is 2. The van der Waals surface area contributed by atoms with E-state index in [-0.39, 0.29) is 12.0 Å². The third kappa shape index (κ3) is 2.60. The summed E-state index contributed by atoms with van der Waals surface area (Å²) in [5.41, 5.74) is 3.34. The van der Waals surface area contributed by atoms with E-state index < -0.39 is 5.54 Å². The Kier molecular flexibility index (Phi) is 3.70. The Morgan fingerprint density at radius 1 is 1.22 bits per heavy atom. The van der Waals surface area contributed by atoms with Crippen molar-refractivity contribution in [3.8, 4) is 0 Å². The molecule has 2 aliphatic heterocycles. The Balaban J connectivity index is 1.43. The molecule has 0 spiro atoms. The van der Waals surface area contributed by atoms with Gasteiger partial charge in [-0.25, -0.2) is 4.79 Å². The number of carbonyl (C=O) groups excluding carboxylic acids is 2. The summed E-state index contributed by atoms with van der Waals surface area (Å²) in [7, 11) is 0. The van der Waals surface area contributed by atoms with Crippen LogP contribution >= 0.6 is 0 Å². The van der Waals surface area contributed by atoms with Crippen LogP contribution in [0.15, 0.2) is 30.3 Å². The first-order chi connectivity index (χ1) is 13.2. The molecule has 2 amide bonds. The summed E-state index contributed by atoms with van der Waals surface area (Å²) < 4.78 is 5.40. The van der Waals surface area contributed by atoms with Gasteiger partial charge in [-0.05, 0) is 24.8 Å². The molecule has 0 radical (unpaired) electrons. The highest BCUT2D eigenvalue weighted by Crippen LogP contribution is 2.33. The lowest BCUT2D eigenvalue weighted by atomic mass is 9.88. The fraction of sp³-hybridized carbons (Fsp3) is 0.450. The summed E-state index contributed by atoms with van der Waals surface area (Å²) in [6.07, 6.45) is 3.33. The predicted molar refractivity (Wildman–Crippen MR) is 97.4 cm³/mol. The zero-order chi connectivity index (χ0) is 18.4. The number of cyclic esters (lactones) is 1. The summed E-state index contributed by atoms with van der Waals surface area (Å²) in [6, 6.07) is 10.1. The van der Waals surface area contributed by atoms with E-state index in [0.717, 1.165) is 36.1 Å². The highest BCUT2D eigenvalue weighted by Gasteiger charge is 2.51. The van der Waals surface area contributed by atoms with Crippen LogP contribution in [0.5, 0.6) is 0 Å². The molecule has 3 heterocycles. The molecule has 7 nitrogen and oxygen atoms in total. The number of aromatic nitrogens is 2. The molecule has 1 unspecified atom stereocenters. The van der Waals surface area contributed by atoms with E-state index in [4.69, 9.17) is 4.74 Å². The van der Waals surface area contributed by atoms with E-state index in [0.29, 0.717) is 38.4 Å². The number of nitrogens with zero attached hydrogens (tertiary/aromatic N) is 3. The predicted octanol–water partition coefficient (Wildman–Crippen LogP) is 1.79. The summed E-state index contributed by atoms with van der Waals surface area (Å²) in [5.74, 6) is -0.0409. The molecule has 1 aromatic heterocycles. The zero-order valence-electron chi connectivity index (χ0n) is 15.1. The fourth-order valence-electron chi connectivity index (χ4n) is 4.66. The summed E-state index contributed by atoms with van der Waals surface area (Å²) in [5, 5.41) is 7.31. The minimum absolute atomic E-state index is 0.0409. The maximum absolute atomic E-state index is 13.2. The molecular weight excluding hydrogens is 344 g/mol. The van der Waals surface area contributed by atoms with Crippen molar-refractivity contribution in [2.24, 2.45) is 0 Å². The molecule has 27 heavy (non-hydrogen) atoms. The number of aryl methyl sites for hydroxylation is 1. The molecular formula is C20H22N4O3. The molecule has 1 atom stereocenters. The maximum Gasteiger partial charge on any atom is 0.410 e. The first-order valence-electron chi connectivity index (χ1n) is 9.50. The van der Waals surface area contributed by atoms with Crippen molar-refractivity contribution in [3.63, 3.8) is 0 Å². The van der Waals surface area contributed by atoms with E-state index in [1.54, 1.807) is 4.90 Å². The summed E-state index contributed by atoms with van der Waals surface area (Å²) >= 11 is 0. The van der Waals surface area contributed by atoms with Crippen LogP contribution in [0.2, 0.25) is 0 Å². The van der Waals surface area contributed by atoms with Gasteiger partial charge in [-0.3, -0.25) is 14.8 Å². The van der Waals surface area contributed by atoms with Crippen LogP contribution in [0, 0.1) is 0 Å². The molecule has 2 saturated heterocycles. The normalized spacial score (nSPS) is 23.9. The highest BCUT2D eigenvalue weighted by molar-refractivity contribution is 5.94. The number of H-pyrrole nitrogens is 1. The number of aromatic amines is 1. The van der Waals surface area contributed by atoms with Crippen molar-refractivity contribution in [1.29, 1.82) is 0 Å². The minimum atomic E-state index is -0.508. The number of hydrogen-bond acceptors (Lipinski definition) is 4. The molecule has 0 bridgehead atoms. The largest absolute Gasteiger partial charge is 0.447 e. The maximum atomic E-state index is 13.2. The quantitative estimate of drug-likeness (QED) is 0.898. The molecule has 1 aromatic carbocycles. The molecule has 2 fully saturated rings. The second-order valence-electron chi connectivity index (χ2n) is 7.70. The van der Waals surface area contributed by atoms with Gasteiger partial charge in [0.05, 0.1) is 0 Å². The topological polar surface area (TPSA) is 78.5 Å². The van der Waals surface area contributed by atoms with Crippen molar-refractivity contribution in [2.45, 2.75) is 31.2 Å². The van der Waals surface area contributed by atoms with E-state index in [9.17, 15) is 9.59 Å². The third-order valence-corrected chi connectivity index (χ3v) is 6.01. The number of amides is 2. The lowest BCUT2D eigenvalue weighted by Crippen LogP contribution is -2.63. The minimum Gasteiger partial charge on any atom is -0.447 e. The molecule has 2 aromatic rings. The Morgan fingerprint density at radius 2 is 2.07 bits per heavy atom. The van der Waals surface area contributed by atoms with Gasteiger partial charge in [-0.1, -0.05) is 30.3 Å². The number of nitrogens with one attached hydrogen (secondary N) is 1. The van der Waals surface area contributed by atoms with Gasteiger partial charge in [-0.2, -0.15) is 5.10 Å². The molecule has 0 saturated carbocycles. The standard InChI is InChI=1S/C20H22N4O3/c25-18(17-15-7-4-8-16(15)21-22-17)23-9-10-24-19(26)27-13-20(24,12-23)11-14-5-2-1-3-6-14/h1-3,5-6H,4,7-13H2,(H,21,22). The number of benzene rings is 1. The van der Waals surface area contributed by atoms with Crippen molar-refractivity contribution in [1.82, 2.24) is 20.0 Å². The first-order valence-corrected chi connectivity index (χ1v) is 9.50. The zero-order valence-corrected chi connectivity index (χ0v) is 15.1. The Labute approximate surface area is 157 Å². The van der Waals surface area contributed by atoms with Crippen molar-refractivity contribution >= 4 is 12.0 Å². The van der Waals surface area contributed by atoms with E-state index in [1.807, 2.05) is 23.1 Å². The Morgan fingerprint density at radius 3 is 2.93 bits per heavy atom. The number of rotatable bonds is 3. The summed E-state index contributed by atoms with van der Waals surface area (Å²) in [6.45, 7) is 1.77. The first kappa shape index (κ1) is 16.4. The average Bonchev–Trinajstić information content (AvgIpc) is 3.37. The Bertz CT molecular complexity index is 894. The van der Waals surface area contributed by atoms with Crippen molar-refractivity contribution in [2.75, 3.05) is 26.2 Å². The van der Waals surface area contributed by atoms with Gasteiger partial charge in [0.2, 0.25) is 0 Å². The van der Waals surface area contributed by atoms with Gasteiger partial charge < -0.3 is 9.64 Å². The number of ether oxygens (including phenoxy) is 1. The van der Waals surface area contributed by atoms with Crippen LogP contribution in [0.1, 0.15) is 33.7 Å². The number of carbonyl (C=O) groups is 2. The smallest absolute Gasteiger partial charge is 0.410 e. The van der Waals surface area contributed by atoms with Crippen LogP contribution in [-0.4, -0.2) is 63.8 Å². The lowest BCUT2D eigenvalue weighted by molar-refractivity contribution is 0.0370. The van der Waals surface area contributed by atoms with E-state index >= 15 is 0 Å². The van der Waals surface area contributed by atoms with Gasteiger partial charge >= 0.3 is 6.09 Å². The lowest BCUT2D eigenvalue weighted by Gasteiger charge is -2.44.